The number of halogens is 1. The van der Waals surface area contributed by atoms with Crippen LogP contribution in [0.25, 0.3) is 21.9 Å². The van der Waals surface area contributed by atoms with E-state index >= 15 is 0 Å². The SMILES string of the molecule is C=[N+](C)CC(CCO)n1c(CC(=O)NC2CCOC2)nc2cnc3ccc(Cl)cc3c21. The molecule has 31 heavy (non-hydrogen) atoms. The van der Waals surface area contributed by atoms with E-state index in [0.29, 0.717) is 42.5 Å². The molecule has 1 aromatic carbocycles. The van der Waals surface area contributed by atoms with Crippen LogP contribution >= 0.6 is 11.6 Å². The van der Waals surface area contributed by atoms with Crippen LogP contribution in [0.15, 0.2) is 24.4 Å². The van der Waals surface area contributed by atoms with Crippen LogP contribution in [0.3, 0.4) is 0 Å². The summed E-state index contributed by atoms with van der Waals surface area (Å²) in [7, 11) is 1.88. The van der Waals surface area contributed by atoms with Gasteiger partial charge in [0, 0.05) is 23.6 Å². The summed E-state index contributed by atoms with van der Waals surface area (Å²) in [5.41, 5.74) is 2.35. The van der Waals surface area contributed by atoms with E-state index in [1.165, 1.54) is 0 Å². The molecule has 0 spiro atoms. The number of carbonyl (C=O) groups is 1. The lowest BCUT2D eigenvalue weighted by Crippen LogP contribution is -2.36. The Kier molecular flexibility index (Phi) is 6.50. The molecule has 0 bridgehead atoms. The van der Waals surface area contributed by atoms with Gasteiger partial charge in [-0.25, -0.2) is 9.56 Å². The minimum atomic E-state index is -0.125. The molecule has 9 heteroatoms. The van der Waals surface area contributed by atoms with E-state index in [1.54, 1.807) is 12.3 Å². The summed E-state index contributed by atoms with van der Waals surface area (Å²) in [5.74, 6) is 0.522. The zero-order valence-corrected chi connectivity index (χ0v) is 18.3. The minimum Gasteiger partial charge on any atom is -0.396 e. The zero-order valence-electron chi connectivity index (χ0n) is 17.6. The van der Waals surface area contributed by atoms with Crippen LogP contribution in [0.1, 0.15) is 24.7 Å². The van der Waals surface area contributed by atoms with Crippen LogP contribution < -0.4 is 5.32 Å². The molecule has 1 saturated heterocycles. The Bertz CT molecular complexity index is 1120. The number of fused-ring (bicyclic) bond motifs is 3. The van der Waals surface area contributed by atoms with Gasteiger partial charge >= 0.3 is 0 Å². The van der Waals surface area contributed by atoms with Gasteiger partial charge in [0.2, 0.25) is 5.91 Å². The summed E-state index contributed by atoms with van der Waals surface area (Å²) in [6.45, 7) is 5.77. The fraction of sp³-hybridized carbons (Fsp3) is 0.455. The first-order valence-electron chi connectivity index (χ1n) is 10.4. The van der Waals surface area contributed by atoms with E-state index in [4.69, 9.17) is 21.3 Å². The maximum atomic E-state index is 12.8. The van der Waals surface area contributed by atoms with Gasteiger partial charge in [-0.3, -0.25) is 9.78 Å². The van der Waals surface area contributed by atoms with Crippen molar-refractivity contribution < 1.29 is 19.2 Å². The molecule has 0 aliphatic carbocycles. The van der Waals surface area contributed by atoms with Crippen molar-refractivity contribution >= 4 is 46.2 Å². The summed E-state index contributed by atoms with van der Waals surface area (Å²) in [4.78, 5) is 22.1. The van der Waals surface area contributed by atoms with Crippen LogP contribution in [0, 0.1) is 0 Å². The lowest BCUT2D eigenvalue weighted by molar-refractivity contribution is -0.494. The molecule has 164 valence electrons. The number of nitrogens with one attached hydrogen (secondary N) is 1. The Morgan fingerprint density at radius 2 is 2.32 bits per heavy atom. The Morgan fingerprint density at radius 1 is 1.48 bits per heavy atom. The molecule has 1 amide bonds. The first kappa shape index (κ1) is 21.7. The molecule has 2 unspecified atom stereocenters. The van der Waals surface area contributed by atoms with Gasteiger partial charge in [0.1, 0.15) is 25.1 Å². The number of benzene rings is 1. The van der Waals surface area contributed by atoms with Crippen molar-refractivity contribution in [3.05, 3.63) is 35.2 Å². The second-order valence-corrected chi connectivity index (χ2v) is 8.50. The first-order chi connectivity index (χ1) is 15.0. The summed E-state index contributed by atoms with van der Waals surface area (Å²) in [6.07, 6.45) is 3.16. The molecule has 2 aromatic heterocycles. The predicted octanol–water partition coefficient (Wildman–Crippen LogP) is 1.95. The summed E-state index contributed by atoms with van der Waals surface area (Å²) in [5, 5.41) is 14.2. The largest absolute Gasteiger partial charge is 0.396 e. The van der Waals surface area contributed by atoms with E-state index in [9.17, 15) is 9.90 Å². The Hall–Kier alpha value is -2.55. The van der Waals surface area contributed by atoms with Crippen LogP contribution in [0.2, 0.25) is 5.02 Å². The molecule has 4 rings (SSSR count). The molecule has 0 radical (unpaired) electrons. The molecule has 2 atom stereocenters. The number of amides is 1. The summed E-state index contributed by atoms with van der Waals surface area (Å²) < 4.78 is 9.23. The van der Waals surface area contributed by atoms with E-state index < -0.39 is 0 Å². The third-order valence-electron chi connectivity index (χ3n) is 5.51. The van der Waals surface area contributed by atoms with E-state index in [0.717, 1.165) is 22.8 Å². The average molecular weight is 445 g/mol. The molecule has 3 heterocycles. The van der Waals surface area contributed by atoms with Gasteiger partial charge in [0.25, 0.3) is 0 Å². The second kappa shape index (κ2) is 9.30. The molecule has 8 nitrogen and oxygen atoms in total. The predicted molar refractivity (Wildman–Crippen MR) is 120 cm³/mol. The molecule has 1 fully saturated rings. The molecule has 1 aliphatic rings. The molecule has 1 aliphatic heterocycles. The van der Waals surface area contributed by atoms with Crippen molar-refractivity contribution in [3.63, 3.8) is 0 Å². The van der Waals surface area contributed by atoms with E-state index in [-0.39, 0.29) is 31.0 Å². The number of hydrogen-bond donors (Lipinski definition) is 2. The standard InChI is InChI=1S/C22H26ClN5O3/c1-27(2)12-16(5-7-29)28-20(10-21(30)25-15-6-8-31-13-15)26-19-11-24-18-4-3-14(23)9-17(18)22(19)28/h3-4,9,11,15-16,29H,1,5-8,10,12-13H2,2H3/p+1. The second-order valence-electron chi connectivity index (χ2n) is 8.06. The quantitative estimate of drug-likeness (QED) is 0.409. The number of aromatic nitrogens is 3. The van der Waals surface area contributed by atoms with Gasteiger partial charge in [0.05, 0.1) is 42.3 Å². The summed E-state index contributed by atoms with van der Waals surface area (Å²) in [6, 6.07) is 5.45. The third kappa shape index (κ3) is 4.71. The Balaban J connectivity index is 1.83. The number of pyridine rings is 1. The van der Waals surface area contributed by atoms with Crippen molar-refractivity contribution in [3.8, 4) is 0 Å². The average Bonchev–Trinajstić information content (AvgIpc) is 3.34. The van der Waals surface area contributed by atoms with Crippen molar-refractivity contribution in [1.29, 1.82) is 0 Å². The fourth-order valence-corrected chi connectivity index (χ4v) is 4.37. The number of carbonyl (C=O) groups excluding carboxylic acids is 1. The third-order valence-corrected chi connectivity index (χ3v) is 5.75. The van der Waals surface area contributed by atoms with Crippen LogP contribution in [-0.4, -0.2) is 76.3 Å². The van der Waals surface area contributed by atoms with Crippen molar-refractivity contribution in [1.82, 2.24) is 19.9 Å². The smallest absolute Gasteiger partial charge is 0.227 e. The van der Waals surface area contributed by atoms with E-state index in [2.05, 4.69) is 21.6 Å². The number of nitrogens with zero attached hydrogens (tertiary/aromatic N) is 4. The number of ether oxygens (including phenoxy) is 1. The lowest BCUT2D eigenvalue weighted by atomic mass is 10.1. The molecular weight excluding hydrogens is 418 g/mol. The highest BCUT2D eigenvalue weighted by atomic mass is 35.5. The molecular formula is C22H27ClN5O3+. The van der Waals surface area contributed by atoms with Crippen LogP contribution in [0.4, 0.5) is 0 Å². The maximum absolute atomic E-state index is 12.8. The fourth-order valence-electron chi connectivity index (χ4n) is 4.20. The molecule has 2 N–H and O–H groups in total. The highest BCUT2D eigenvalue weighted by Gasteiger charge is 2.26. The number of aliphatic hydroxyl groups excluding tert-OH is 1. The minimum absolute atomic E-state index is 0.00695. The number of imidazole rings is 1. The van der Waals surface area contributed by atoms with Crippen LogP contribution in [-0.2, 0) is 16.0 Å². The first-order valence-corrected chi connectivity index (χ1v) is 10.8. The van der Waals surface area contributed by atoms with Gasteiger partial charge in [-0.05, 0) is 31.0 Å². The van der Waals surface area contributed by atoms with Gasteiger partial charge < -0.3 is 19.7 Å². The lowest BCUT2D eigenvalue weighted by Gasteiger charge is -2.20. The van der Waals surface area contributed by atoms with Crippen molar-refractivity contribution in [2.45, 2.75) is 31.3 Å². The highest BCUT2D eigenvalue weighted by molar-refractivity contribution is 6.31. The van der Waals surface area contributed by atoms with E-state index in [1.807, 2.05) is 23.8 Å². The van der Waals surface area contributed by atoms with Crippen LogP contribution in [0.5, 0.6) is 0 Å². The number of aliphatic hydroxyl groups is 1. The Morgan fingerprint density at radius 3 is 3.03 bits per heavy atom. The van der Waals surface area contributed by atoms with Gasteiger partial charge in [-0.2, -0.15) is 0 Å². The normalized spacial score (nSPS) is 17.3. The number of likely N-dealkylation sites (N-methyl/N-ethyl adjacent to an activating group) is 1. The maximum Gasteiger partial charge on any atom is 0.227 e. The monoisotopic (exact) mass is 444 g/mol. The molecule has 3 aromatic rings. The zero-order chi connectivity index (χ0) is 22.0. The Labute approximate surface area is 185 Å². The highest BCUT2D eigenvalue weighted by Crippen LogP contribution is 2.31. The van der Waals surface area contributed by atoms with Gasteiger partial charge in [-0.15, -0.1) is 0 Å². The van der Waals surface area contributed by atoms with Crippen molar-refractivity contribution in [2.75, 3.05) is 33.4 Å². The van der Waals surface area contributed by atoms with Gasteiger partial charge in [-0.1, -0.05) is 11.6 Å². The summed E-state index contributed by atoms with van der Waals surface area (Å²) >= 11 is 6.29. The number of hydrogen-bond acceptors (Lipinski definition) is 5. The van der Waals surface area contributed by atoms with Crippen molar-refractivity contribution in [2.24, 2.45) is 0 Å². The van der Waals surface area contributed by atoms with Gasteiger partial charge in [0.15, 0.2) is 6.54 Å². The molecule has 0 saturated carbocycles. The topological polar surface area (TPSA) is 92.3 Å². The number of rotatable bonds is 8.